The Kier molecular flexibility index (Phi) is 5.58. The molecule has 2 unspecified atom stereocenters. The first-order valence-corrected chi connectivity index (χ1v) is 9.26. The van der Waals surface area contributed by atoms with Crippen LogP contribution in [0.4, 0.5) is 0 Å². The molecule has 2 saturated heterocycles. The molecule has 21 heavy (non-hydrogen) atoms. The zero-order valence-corrected chi connectivity index (χ0v) is 13.5. The summed E-state index contributed by atoms with van der Waals surface area (Å²) in [4.78, 5) is 0. The van der Waals surface area contributed by atoms with E-state index in [1.807, 2.05) is 0 Å². The van der Waals surface area contributed by atoms with E-state index in [9.17, 15) is 0 Å². The van der Waals surface area contributed by atoms with Crippen molar-refractivity contribution in [3.63, 3.8) is 0 Å². The summed E-state index contributed by atoms with van der Waals surface area (Å²) in [6.45, 7) is 2.64. The van der Waals surface area contributed by atoms with E-state index < -0.39 is 0 Å². The summed E-state index contributed by atoms with van der Waals surface area (Å²) < 4.78 is 11.7. The molecule has 122 valence electrons. The van der Waals surface area contributed by atoms with E-state index in [-0.39, 0.29) is 5.60 Å². The Balaban J connectivity index is 1.58. The van der Waals surface area contributed by atoms with Gasteiger partial charge in [-0.2, -0.15) is 0 Å². The van der Waals surface area contributed by atoms with Crippen LogP contribution < -0.4 is 5.73 Å². The van der Waals surface area contributed by atoms with Crippen LogP contribution in [-0.2, 0) is 9.47 Å². The van der Waals surface area contributed by atoms with Crippen molar-refractivity contribution in [3.05, 3.63) is 0 Å². The summed E-state index contributed by atoms with van der Waals surface area (Å²) in [7, 11) is 0. The Morgan fingerprint density at radius 3 is 2.19 bits per heavy atom. The van der Waals surface area contributed by atoms with E-state index in [1.165, 1.54) is 57.8 Å². The third-order valence-electron chi connectivity index (χ3n) is 6.17. The molecule has 2 N–H and O–H groups in total. The Morgan fingerprint density at radius 1 is 0.810 bits per heavy atom. The Labute approximate surface area is 129 Å². The van der Waals surface area contributed by atoms with Gasteiger partial charge in [-0.05, 0) is 50.4 Å². The molecule has 2 heterocycles. The van der Waals surface area contributed by atoms with Gasteiger partial charge in [0.25, 0.3) is 0 Å². The summed E-state index contributed by atoms with van der Waals surface area (Å²) >= 11 is 0. The van der Waals surface area contributed by atoms with Crippen LogP contribution in [0, 0.1) is 11.8 Å². The lowest BCUT2D eigenvalue weighted by Crippen LogP contribution is -2.50. The molecule has 1 aliphatic carbocycles. The van der Waals surface area contributed by atoms with Crippen LogP contribution in [0.5, 0.6) is 0 Å². The van der Waals surface area contributed by atoms with Crippen LogP contribution in [0.15, 0.2) is 0 Å². The maximum atomic E-state index is 6.75. The molecular formula is C18H33NO2. The van der Waals surface area contributed by atoms with Crippen LogP contribution in [0.3, 0.4) is 0 Å². The molecule has 3 rings (SSSR count). The third-order valence-corrected chi connectivity index (χ3v) is 6.17. The third kappa shape index (κ3) is 4.00. The Morgan fingerprint density at radius 2 is 1.48 bits per heavy atom. The summed E-state index contributed by atoms with van der Waals surface area (Å²) in [5.41, 5.74) is 6.84. The lowest BCUT2D eigenvalue weighted by molar-refractivity contribution is -0.150. The van der Waals surface area contributed by atoms with Gasteiger partial charge >= 0.3 is 0 Å². The molecule has 0 aromatic rings. The molecule has 3 nitrogen and oxygen atoms in total. The van der Waals surface area contributed by atoms with Crippen molar-refractivity contribution in [1.29, 1.82) is 0 Å². The van der Waals surface area contributed by atoms with Gasteiger partial charge < -0.3 is 15.2 Å². The molecule has 3 fully saturated rings. The molecule has 1 saturated carbocycles. The van der Waals surface area contributed by atoms with Gasteiger partial charge in [-0.25, -0.2) is 0 Å². The predicted octanol–water partition coefficient (Wildman–Crippen LogP) is 3.65. The average molecular weight is 295 g/mol. The largest absolute Gasteiger partial charge is 0.381 e. The number of rotatable bonds is 2. The number of hydrogen-bond acceptors (Lipinski definition) is 3. The average Bonchev–Trinajstić information content (AvgIpc) is 2.47. The predicted molar refractivity (Wildman–Crippen MR) is 85.2 cm³/mol. The van der Waals surface area contributed by atoms with Crippen LogP contribution in [0.2, 0.25) is 0 Å². The van der Waals surface area contributed by atoms with Crippen LogP contribution in [-0.4, -0.2) is 31.5 Å². The molecule has 2 atom stereocenters. The fourth-order valence-electron chi connectivity index (χ4n) is 4.74. The van der Waals surface area contributed by atoms with E-state index in [0.717, 1.165) is 38.6 Å². The van der Waals surface area contributed by atoms with E-state index in [0.29, 0.717) is 12.0 Å². The minimum atomic E-state index is 0.0976. The topological polar surface area (TPSA) is 44.5 Å². The first-order valence-electron chi connectivity index (χ1n) is 9.26. The maximum Gasteiger partial charge on any atom is 0.0729 e. The Hall–Kier alpha value is -0.120. The second-order valence-electron chi connectivity index (χ2n) is 7.58. The number of hydrogen-bond donors (Lipinski definition) is 1. The van der Waals surface area contributed by atoms with Crippen LogP contribution in [0.1, 0.15) is 70.6 Å². The van der Waals surface area contributed by atoms with Gasteiger partial charge in [-0.15, -0.1) is 0 Å². The van der Waals surface area contributed by atoms with Crippen molar-refractivity contribution in [1.82, 2.24) is 0 Å². The van der Waals surface area contributed by atoms with E-state index in [2.05, 4.69) is 0 Å². The van der Waals surface area contributed by atoms with E-state index in [4.69, 9.17) is 15.2 Å². The SMILES string of the molecule is NC(C1CCCCCCC1)C1CCOC2(CCOCC2)C1. The summed E-state index contributed by atoms with van der Waals surface area (Å²) in [5.74, 6) is 1.42. The molecule has 1 spiro atoms. The highest BCUT2D eigenvalue weighted by molar-refractivity contribution is 4.93. The Bertz CT molecular complexity index is 301. The highest BCUT2D eigenvalue weighted by Gasteiger charge is 2.41. The molecule has 0 bridgehead atoms. The first-order chi connectivity index (χ1) is 10.3. The number of ether oxygens (including phenoxy) is 2. The van der Waals surface area contributed by atoms with Gasteiger partial charge in [0.1, 0.15) is 0 Å². The quantitative estimate of drug-likeness (QED) is 0.845. The molecule has 0 amide bonds. The lowest BCUT2D eigenvalue weighted by atomic mass is 9.72. The van der Waals surface area contributed by atoms with Gasteiger partial charge in [0, 0.05) is 25.9 Å². The smallest absolute Gasteiger partial charge is 0.0729 e. The minimum Gasteiger partial charge on any atom is -0.381 e. The lowest BCUT2D eigenvalue weighted by Gasteiger charge is -2.46. The van der Waals surface area contributed by atoms with Crippen molar-refractivity contribution in [2.75, 3.05) is 19.8 Å². The zero-order valence-electron chi connectivity index (χ0n) is 13.5. The van der Waals surface area contributed by atoms with E-state index >= 15 is 0 Å². The normalized spacial score (nSPS) is 33.3. The first kappa shape index (κ1) is 15.8. The fraction of sp³-hybridized carbons (Fsp3) is 1.00. The van der Waals surface area contributed by atoms with Crippen LogP contribution in [0.25, 0.3) is 0 Å². The zero-order chi connectivity index (χ0) is 14.5. The van der Waals surface area contributed by atoms with Crippen molar-refractivity contribution in [3.8, 4) is 0 Å². The minimum absolute atomic E-state index is 0.0976. The monoisotopic (exact) mass is 295 g/mol. The van der Waals surface area contributed by atoms with Gasteiger partial charge in [0.2, 0.25) is 0 Å². The van der Waals surface area contributed by atoms with Crippen molar-refractivity contribution in [2.24, 2.45) is 17.6 Å². The van der Waals surface area contributed by atoms with Crippen molar-refractivity contribution >= 4 is 0 Å². The standard InChI is InChI=1S/C18H33NO2/c19-17(15-6-4-2-1-3-5-7-15)16-8-11-21-18(14-16)9-12-20-13-10-18/h15-17H,1-14,19H2. The summed E-state index contributed by atoms with van der Waals surface area (Å²) in [5, 5.41) is 0. The molecular weight excluding hydrogens is 262 g/mol. The molecule has 2 aliphatic heterocycles. The number of nitrogens with two attached hydrogens (primary N) is 1. The van der Waals surface area contributed by atoms with Crippen molar-refractivity contribution < 1.29 is 9.47 Å². The van der Waals surface area contributed by atoms with Gasteiger partial charge in [-0.1, -0.05) is 32.1 Å². The van der Waals surface area contributed by atoms with E-state index in [1.54, 1.807) is 0 Å². The molecule has 0 radical (unpaired) electrons. The highest BCUT2D eigenvalue weighted by atomic mass is 16.5. The van der Waals surface area contributed by atoms with Crippen molar-refractivity contribution in [2.45, 2.75) is 82.3 Å². The van der Waals surface area contributed by atoms with Gasteiger partial charge in [-0.3, -0.25) is 0 Å². The van der Waals surface area contributed by atoms with Gasteiger partial charge in [0.05, 0.1) is 5.60 Å². The second-order valence-corrected chi connectivity index (χ2v) is 7.58. The fourth-order valence-corrected chi connectivity index (χ4v) is 4.74. The molecule has 0 aromatic carbocycles. The highest BCUT2D eigenvalue weighted by Crippen LogP contribution is 2.40. The van der Waals surface area contributed by atoms with Gasteiger partial charge in [0.15, 0.2) is 0 Å². The molecule has 3 aliphatic rings. The maximum absolute atomic E-state index is 6.75. The second kappa shape index (κ2) is 7.43. The molecule has 0 aromatic heterocycles. The summed E-state index contributed by atoms with van der Waals surface area (Å²) in [6.07, 6.45) is 14.2. The molecule has 3 heteroatoms. The van der Waals surface area contributed by atoms with Crippen LogP contribution >= 0.6 is 0 Å². The summed E-state index contributed by atoms with van der Waals surface area (Å²) in [6, 6.07) is 0.395.